The van der Waals surface area contributed by atoms with Crippen LogP contribution in [0.4, 0.5) is 13.2 Å². The summed E-state index contributed by atoms with van der Waals surface area (Å²) in [5.74, 6) is -1.22. The number of hydrogen-bond donors (Lipinski definition) is 0. The molecule has 2 heterocycles. The fourth-order valence-corrected chi connectivity index (χ4v) is 6.91. The van der Waals surface area contributed by atoms with Crippen LogP contribution in [0.5, 0.6) is 0 Å². The highest BCUT2D eigenvalue weighted by molar-refractivity contribution is 5.77. The Morgan fingerprint density at radius 3 is 2.26 bits per heavy atom. The number of nitrogens with zero attached hydrogens (tertiary/aromatic N) is 3. The lowest BCUT2D eigenvalue weighted by molar-refractivity contribution is -0.215. The highest BCUT2D eigenvalue weighted by atomic mass is 19.4. The molecule has 0 aromatic carbocycles. The van der Waals surface area contributed by atoms with Crippen LogP contribution in [0.2, 0.25) is 0 Å². The van der Waals surface area contributed by atoms with Crippen molar-refractivity contribution in [3.8, 4) is 0 Å². The van der Waals surface area contributed by atoms with Crippen molar-refractivity contribution in [2.45, 2.75) is 76.1 Å². The Hall–Kier alpha value is -2.13. The molecule has 4 aliphatic carbocycles. The van der Waals surface area contributed by atoms with Gasteiger partial charge in [0.25, 0.3) is 0 Å². The number of ether oxygens (including phenoxy) is 2. The van der Waals surface area contributed by atoms with Crippen molar-refractivity contribution in [1.82, 2.24) is 14.8 Å². The van der Waals surface area contributed by atoms with Crippen molar-refractivity contribution in [2.24, 2.45) is 23.7 Å². The minimum atomic E-state index is -5.16. The largest absolute Gasteiger partial charge is 0.491 e. The zero-order valence-corrected chi connectivity index (χ0v) is 17.4. The fourth-order valence-electron chi connectivity index (χ4n) is 6.91. The van der Waals surface area contributed by atoms with E-state index >= 15 is 0 Å². The molecule has 6 rings (SSSR count). The van der Waals surface area contributed by atoms with Crippen LogP contribution < -0.4 is 0 Å². The third-order valence-corrected chi connectivity index (χ3v) is 7.61. The first-order chi connectivity index (χ1) is 14.7. The number of halogens is 3. The lowest BCUT2D eigenvalue weighted by Gasteiger charge is -2.56. The second-order valence-electron chi connectivity index (χ2n) is 9.70. The third-order valence-electron chi connectivity index (χ3n) is 7.61. The Bertz CT molecular complexity index is 862. The molecule has 0 radical (unpaired) electrons. The smallest absolute Gasteiger partial charge is 0.466 e. The molecule has 4 saturated carbocycles. The van der Waals surface area contributed by atoms with Crippen molar-refractivity contribution in [1.29, 1.82) is 0 Å². The van der Waals surface area contributed by atoms with Gasteiger partial charge < -0.3 is 9.47 Å². The van der Waals surface area contributed by atoms with E-state index in [1.165, 1.54) is 23.8 Å². The van der Waals surface area contributed by atoms with Crippen molar-refractivity contribution in [3.05, 3.63) is 11.6 Å². The Kier molecular flexibility index (Phi) is 4.82. The van der Waals surface area contributed by atoms with E-state index < -0.39 is 30.3 Å². The standard InChI is InChI=1S/C21H26F3N3O4/c1-2-30-17(28)14-3-4-15-25-26-18(27(15)16(14)31-19(29)21(22,23)24)20-8-11-5-12(9-20)7-13(6-11)10-20/h11-14,16H,2-10H2,1H3. The Balaban J connectivity index is 1.55. The van der Waals surface area contributed by atoms with Crippen molar-refractivity contribution < 1.29 is 32.2 Å². The molecule has 4 fully saturated rings. The van der Waals surface area contributed by atoms with Gasteiger partial charge in [-0.25, -0.2) is 4.79 Å². The van der Waals surface area contributed by atoms with Crippen molar-refractivity contribution >= 4 is 11.9 Å². The van der Waals surface area contributed by atoms with Gasteiger partial charge in [-0.1, -0.05) is 0 Å². The molecule has 0 spiro atoms. The second kappa shape index (κ2) is 7.20. The molecule has 0 amide bonds. The van der Waals surface area contributed by atoms with Gasteiger partial charge in [0.2, 0.25) is 0 Å². The SMILES string of the molecule is CCOC(=O)C1CCc2nnc(C34CC5CC(CC(C5)C3)C4)n2C1OC(=O)C(F)(F)F. The van der Waals surface area contributed by atoms with Gasteiger partial charge in [-0.15, -0.1) is 10.2 Å². The number of alkyl halides is 3. The van der Waals surface area contributed by atoms with Crippen LogP contribution in [0, 0.1) is 23.7 Å². The molecule has 0 saturated heterocycles. The summed E-state index contributed by atoms with van der Waals surface area (Å²) in [6.07, 6.45) is 0.273. The number of aromatic nitrogens is 3. The van der Waals surface area contributed by atoms with Gasteiger partial charge in [0, 0.05) is 11.8 Å². The number of hydrogen-bond acceptors (Lipinski definition) is 6. The van der Waals surface area contributed by atoms with E-state index in [1.54, 1.807) is 6.92 Å². The molecule has 7 nitrogen and oxygen atoms in total. The lowest BCUT2D eigenvalue weighted by Crippen LogP contribution is -2.51. The third kappa shape index (κ3) is 3.42. The van der Waals surface area contributed by atoms with Crippen LogP contribution in [0.3, 0.4) is 0 Å². The maximum atomic E-state index is 13.1. The number of rotatable bonds is 4. The first kappa shape index (κ1) is 20.8. The van der Waals surface area contributed by atoms with Crippen LogP contribution in [0.1, 0.15) is 69.7 Å². The van der Waals surface area contributed by atoms with Gasteiger partial charge in [-0.3, -0.25) is 9.36 Å². The predicted octanol–water partition coefficient (Wildman–Crippen LogP) is 3.48. The lowest BCUT2D eigenvalue weighted by atomic mass is 9.49. The van der Waals surface area contributed by atoms with E-state index in [-0.39, 0.29) is 18.4 Å². The van der Waals surface area contributed by atoms with Gasteiger partial charge in [-0.05, 0) is 69.6 Å². The number of aryl methyl sites for hydroxylation is 1. The molecule has 0 N–H and O–H groups in total. The maximum absolute atomic E-state index is 13.1. The number of carbonyl (C=O) groups excluding carboxylic acids is 2. The predicted molar refractivity (Wildman–Crippen MR) is 99.5 cm³/mol. The molecule has 2 unspecified atom stereocenters. The first-order valence-electron chi connectivity index (χ1n) is 11.1. The highest BCUT2D eigenvalue weighted by Crippen LogP contribution is 2.61. The maximum Gasteiger partial charge on any atom is 0.491 e. The van der Waals surface area contributed by atoms with E-state index in [0.29, 0.717) is 35.8 Å². The number of fused-ring (bicyclic) bond motifs is 1. The van der Waals surface area contributed by atoms with E-state index in [2.05, 4.69) is 10.2 Å². The van der Waals surface area contributed by atoms with Gasteiger partial charge in [-0.2, -0.15) is 13.2 Å². The van der Waals surface area contributed by atoms with Crippen molar-refractivity contribution in [2.75, 3.05) is 6.61 Å². The molecule has 2 atom stereocenters. The summed E-state index contributed by atoms with van der Waals surface area (Å²) < 4.78 is 50.8. The number of esters is 2. The van der Waals surface area contributed by atoms with E-state index in [0.717, 1.165) is 19.3 Å². The summed E-state index contributed by atoms with van der Waals surface area (Å²) in [6.45, 7) is 1.72. The van der Waals surface area contributed by atoms with Crippen LogP contribution in [0.25, 0.3) is 0 Å². The minimum Gasteiger partial charge on any atom is -0.466 e. The Morgan fingerprint density at radius 2 is 1.71 bits per heavy atom. The van der Waals surface area contributed by atoms with Crippen molar-refractivity contribution in [3.63, 3.8) is 0 Å². The monoisotopic (exact) mass is 441 g/mol. The summed E-state index contributed by atoms with van der Waals surface area (Å²) in [7, 11) is 0. The normalized spacial score (nSPS) is 36.2. The zero-order chi connectivity index (χ0) is 22.0. The van der Waals surface area contributed by atoms with Gasteiger partial charge in [0.15, 0.2) is 6.23 Å². The Morgan fingerprint density at radius 1 is 1.10 bits per heavy atom. The average molecular weight is 441 g/mol. The molecule has 4 bridgehead atoms. The quantitative estimate of drug-likeness (QED) is 0.666. The molecule has 5 aliphatic rings. The molecule has 170 valence electrons. The topological polar surface area (TPSA) is 83.3 Å². The molecular formula is C21H26F3N3O4. The van der Waals surface area contributed by atoms with Gasteiger partial charge in [0.05, 0.1) is 6.61 Å². The summed E-state index contributed by atoms with van der Waals surface area (Å²) in [6, 6.07) is 0. The van der Waals surface area contributed by atoms with Gasteiger partial charge in [0.1, 0.15) is 17.6 Å². The van der Waals surface area contributed by atoms with E-state index in [9.17, 15) is 22.8 Å². The van der Waals surface area contributed by atoms with E-state index in [4.69, 9.17) is 9.47 Å². The van der Waals surface area contributed by atoms with Gasteiger partial charge >= 0.3 is 18.1 Å². The minimum absolute atomic E-state index is 0.0894. The Labute approximate surface area is 177 Å². The molecule has 1 aromatic heterocycles. The fraction of sp³-hybridized carbons (Fsp3) is 0.810. The summed E-state index contributed by atoms with van der Waals surface area (Å²) in [4.78, 5) is 24.4. The molecule has 10 heteroatoms. The first-order valence-corrected chi connectivity index (χ1v) is 11.1. The highest BCUT2D eigenvalue weighted by Gasteiger charge is 2.56. The molecular weight excluding hydrogens is 415 g/mol. The zero-order valence-electron chi connectivity index (χ0n) is 17.4. The average Bonchev–Trinajstić information content (AvgIpc) is 3.12. The van der Waals surface area contributed by atoms with Crippen LogP contribution >= 0.6 is 0 Å². The van der Waals surface area contributed by atoms with E-state index in [1.807, 2.05) is 0 Å². The number of carbonyl (C=O) groups is 2. The van der Waals surface area contributed by atoms with Crippen LogP contribution in [0.15, 0.2) is 0 Å². The summed E-state index contributed by atoms with van der Waals surface area (Å²) in [5, 5.41) is 8.70. The molecule has 31 heavy (non-hydrogen) atoms. The van der Waals surface area contributed by atoms with Crippen LogP contribution in [-0.2, 0) is 30.9 Å². The summed E-state index contributed by atoms with van der Waals surface area (Å²) in [5.41, 5.74) is -0.278. The van der Waals surface area contributed by atoms with Crippen LogP contribution in [-0.4, -0.2) is 39.5 Å². The second-order valence-corrected chi connectivity index (χ2v) is 9.70. The molecule has 1 aromatic rings. The summed E-state index contributed by atoms with van der Waals surface area (Å²) >= 11 is 0. The molecule has 1 aliphatic heterocycles.